The molecule has 0 bridgehead atoms. The highest BCUT2D eigenvalue weighted by atomic mass is 19.1. The van der Waals surface area contributed by atoms with Crippen LogP contribution in [0.1, 0.15) is 24.2 Å². The number of esters is 1. The van der Waals surface area contributed by atoms with Gasteiger partial charge in [-0.2, -0.15) is 0 Å². The van der Waals surface area contributed by atoms with Gasteiger partial charge in [0, 0.05) is 23.1 Å². The van der Waals surface area contributed by atoms with Crippen molar-refractivity contribution in [1.82, 2.24) is 10.3 Å². The molecule has 2 N–H and O–H groups in total. The van der Waals surface area contributed by atoms with Gasteiger partial charge in [0.1, 0.15) is 11.9 Å². The third-order valence-corrected chi connectivity index (χ3v) is 3.44. The van der Waals surface area contributed by atoms with Crippen LogP contribution in [0.15, 0.2) is 18.2 Å². The van der Waals surface area contributed by atoms with E-state index in [9.17, 15) is 9.18 Å². The zero-order valence-corrected chi connectivity index (χ0v) is 10.6. The Kier molecular flexibility index (Phi) is 2.98. The first-order valence-electron chi connectivity index (χ1n) is 6.40. The summed E-state index contributed by atoms with van der Waals surface area (Å²) < 4.78 is 18.4. The number of halogens is 1. The molecule has 1 unspecified atom stereocenters. The minimum absolute atomic E-state index is 0.263. The minimum Gasteiger partial charge on any atom is -0.465 e. The van der Waals surface area contributed by atoms with Crippen molar-refractivity contribution in [2.75, 3.05) is 13.2 Å². The zero-order chi connectivity index (χ0) is 13.4. The number of hydrogen-bond acceptors (Lipinski definition) is 3. The Labute approximate surface area is 109 Å². The second-order valence-electron chi connectivity index (χ2n) is 4.60. The smallest absolute Gasteiger partial charge is 0.329 e. The van der Waals surface area contributed by atoms with Gasteiger partial charge in [-0.05, 0) is 37.1 Å². The molecule has 0 fully saturated rings. The minimum atomic E-state index is -0.487. The van der Waals surface area contributed by atoms with E-state index in [-0.39, 0.29) is 11.8 Å². The molecule has 1 aromatic carbocycles. The topological polar surface area (TPSA) is 54.1 Å². The van der Waals surface area contributed by atoms with Gasteiger partial charge in [0.15, 0.2) is 0 Å². The van der Waals surface area contributed by atoms with Crippen LogP contribution in [-0.4, -0.2) is 24.1 Å². The fourth-order valence-electron chi connectivity index (χ4n) is 2.63. The largest absolute Gasteiger partial charge is 0.465 e. The van der Waals surface area contributed by atoms with Gasteiger partial charge in [-0.1, -0.05) is 0 Å². The lowest BCUT2D eigenvalue weighted by Gasteiger charge is -2.22. The molecule has 4 nitrogen and oxygen atoms in total. The molecule has 0 amide bonds. The van der Waals surface area contributed by atoms with Crippen LogP contribution in [0.25, 0.3) is 10.9 Å². The number of carbonyl (C=O) groups is 1. The Hall–Kier alpha value is -1.88. The summed E-state index contributed by atoms with van der Waals surface area (Å²) in [7, 11) is 0. The van der Waals surface area contributed by atoms with E-state index in [0.29, 0.717) is 13.2 Å². The summed E-state index contributed by atoms with van der Waals surface area (Å²) in [5.74, 6) is -0.559. The number of nitrogens with one attached hydrogen (secondary N) is 2. The SMILES string of the molecule is CCOC(=O)C1NCCc2c1[nH]c1ccc(F)cc21. The molecule has 1 aliphatic heterocycles. The normalized spacial score (nSPS) is 18.3. The number of aromatic amines is 1. The van der Waals surface area contributed by atoms with Crippen molar-refractivity contribution >= 4 is 16.9 Å². The number of benzene rings is 1. The van der Waals surface area contributed by atoms with E-state index in [1.165, 1.54) is 12.1 Å². The van der Waals surface area contributed by atoms with Gasteiger partial charge in [-0.3, -0.25) is 5.32 Å². The maximum Gasteiger partial charge on any atom is 0.329 e. The maximum absolute atomic E-state index is 13.3. The summed E-state index contributed by atoms with van der Waals surface area (Å²) in [6, 6.07) is 4.14. The second kappa shape index (κ2) is 4.66. The molecule has 0 saturated carbocycles. The van der Waals surface area contributed by atoms with Crippen LogP contribution in [0.4, 0.5) is 4.39 Å². The summed E-state index contributed by atoms with van der Waals surface area (Å²) in [6.07, 6.45) is 0.773. The van der Waals surface area contributed by atoms with Crippen molar-refractivity contribution in [2.45, 2.75) is 19.4 Å². The number of ether oxygens (including phenoxy) is 1. The third-order valence-electron chi connectivity index (χ3n) is 3.44. The molecule has 2 heterocycles. The van der Waals surface area contributed by atoms with Crippen LogP contribution < -0.4 is 5.32 Å². The van der Waals surface area contributed by atoms with Gasteiger partial charge in [0.2, 0.25) is 0 Å². The molecular weight excluding hydrogens is 247 g/mol. The average molecular weight is 262 g/mol. The zero-order valence-electron chi connectivity index (χ0n) is 10.6. The fourth-order valence-corrected chi connectivity index (χ4v) is 2.63. The standard InChI is InChI=1S/C14H15FN2O2/c1-2-19-14(18)13-12-9(5-6-16-13)10-7-8(15)3-4-11(10)17-12/h3-4,7,13,16-17H,2,5-6H2,1H3. The Morgan fingerprint density at radius 3 is 3.16 bits per heavy atom. The second-order valence-corrected chi connectivity index (χ2v) is 4.60. The Bertz CT molecular complexity index is 636. The highest BCUT2D eigenvalue weighted by molar-refractivity contribution is 5.88. The lowest BCUT2D eigenvalue weighted by atomic mass is 9.99. The van der Waals surface area contributed by atoms with Crippen LogP contribution in [0.3, 0.4) is 0 Å². The highest BCUT2D eigenvalue weighted by Crippen LogP contribution is 2.31. The molecule has 1 aromatic heterocycles. The van der Waals surface area contributed by atoms with Crippen LogP contribution >= 0.6 is 0 Å². The average Bonchev–Trinajstić information content (AvgIpc) is 2.77. The van der Waals surface area contributed by atoms with Gasteiger partial charge < -0.3 is 9.72 Å². The first-order valence-corrected chi connectivity index (χ1v) is 6.40. The Balaban J connectivity index is 2.09. The van der Waals surface area contributed by atoms with E-state index < -0.39 is 6.04 Å². The molecule has 1 aliphatic rings. The maximum atomic E-state index is 13.3. The van der Waals surface area contributed by atoms with Crippen LogP contribution in [0, 0.1) is 5.82 Å². The summed E-state index contributed by atoms with van der Waals surface area (Å²) in [4.78, 5) is 15.1. The molecular formula is C14H15FN2O2. The van der Waals surface area contributed by atoms with Crippen LogP contribution in [-0.2, 0) is 16.0 Å². The molecule has 2 aromatic rings. The molecule has 0 saturated heterocycles. The number of aromatic nitrogens is 1. The van der Waals surface area contributed by atoms with E-state index in [1.807, 2.05) is 0 Å². The third kappa shape index (κ3) is 2.00. The summed E-state index contributed by atoms with van der Waals surface area (Å²) in [5, 5.41) is 3.99. The molecule has 0 spiro atoms. The molecule has 0 radical (unpaired) electrons. The first kappa shape index (κ1) is 12.2. The van der Waals surface area contributed by atoms with Crippen LogP contribution in [0.5, 0.6) is 0 Å². The lowest BCUT2D eigenvalue weighted by molar-refractivity contribution is -0.146. The predicted molar refractivity (Wildman–Crippen MR) is 69.3 cm³/mol. The van der Waals surface area contributed by atoms with E-state index in [4.69, 9.17) is 4.74 Å². The van der Waals surface area contributed by atoms with E-state index in [1.54, 1.807) is 13.0 Å². The molecule has 0 aliphatic carbocycles. The summed E-state index contributed by atoms with van der Waals surface area (Å²) in [5.41, 5.74) is 2.65. The van der Waals surface area contributed by atoms with Crippen molar-refractivity contribution in [1.29, 1.82) is 0 Å². The molecule has 5 heteroatoms. The predicted octanol–water partition coefficient (Wildman–Crippen LogP) is 2.06. The summed E-state index contributed by atoms with van der Waals surface area (Å²) >= 11 is 0. The van der Waals surface area contributed by atoms with Crippen LogP contribution in [0.2, 0.25) is 0 Å². The fraction of sp³-hybridized carbons (Fsp3) is 0.357. The lowest BCUT2D eigenvalue weighted by Crippen LogP contribution is -2.36. The van der Waals surface area contributed by atoms with Crippen molar-refractivity contribution in [3.63, 3.8) is 0 Å². The van der Waals surface area contributed by atoms with Gasteiger partial charge in [0.25, 0.3) is 0 Å². The van der Waals surface area contributed by atoms with Crippen molar-refractivity contribution in [2.24, 2.45) is 0 Å². The number of hydrogen-bond donors (Lipinski definition) is 2. The highest BCUT2D eigenvalue weighted by Gasteiger charge is 2.30. The monoisotopic (exact) mass is 262 g/mol. The van der Waals surface area contributed by atoms with Gasteiger partial charge in [0.05, 0.1) is 6.61 Å². The number of rotatable bonds is 2. The van der Waals surface area contributed by atoms with Gasteiger partial charge >= 0.3 is 5.97 Å². The van der Waals surface area contributed by atoms with Crippen molar-refractivity contribution in [3.8, 4) is 0 Å². The van der Waals surface area contributed by atoms with Crippen molar-refractivity contribution < 1.29 is 13.9 Å². The van der Waals surface area contributed by atoms with Gasteiger partial charge in [-0.25, -0.2) is 9.18 Å². The Morgan fingerprint density at radius 1 is 1.53 bits per heavy atom. The van der Waals surface area contributed by atoms with Crippen molar-refractivity contribution in [3.05, 3.63) is 35.3 Å². The molecule has 3 rings (SSSR count). The van der Waals surface area contributed by atoms with E-state index in [2.05, 4.69) is 10.3 Å². The molecule has 100 valence electrons. The van der Waals surface area contributed by atoms with E-state index >= 15 is 0 Å². The van der Waals surface area contributed by atoms with E-state index in [0.717, 1.165) is 28.6 Å². The van der Waals surface area contributed by atoms with Gasteiger partial charge in [-0.15, -0.1) is 0 Å². The number of fused-ring (bicyclic) bond motifs is 3. The first-order chi connectivity index (χ1) is 9.20. The number of H-pyrrole nitrogens is 1. The molecule has 19 heavy (non-hydrogen) atoms. The Morgan fingerprint density at radius 2 is 2.37 bits per heavy atom. The summed E-state index contributed by atoms with van der Waals surface area (Å²) in [6.45, 7) is 2.81. The number of carbonyl (C=O) groups excluding carboxylic acids is 1. The quantitative estimate of drug-likeness (QED) is 0.814. The molecule has 1 atom stereocenters.